The van der Waals surface area contributed by atoms with Crippen molar-refractivity contribution in [1.82, 2.24) is 4.90 Å². The topological polar surface area (TPSA) is 158 Å². The Labute approximate surface area is 129 Å². The molecule has 23 heavy (non-hydrogen) atoms. The molecule has 9 nitrogen and oxygen atoms in total. The minimum Gasteiger partial charge on any atom is -0.394 e. The van der Waals surface area contributed by atoms with E-state index < -0.39 is 61.2 Å². The highest BCUT2D eigenvalue weighted by molar-refractivity contribution is 5.82. The van der Waals surface area contributed by atoms with Gasteiger partial charge >= 0.3 is 5.92 Å². The number of amides is 1. The van der Waals surface area contributed by atoms with Gasteiger partial charge in [0.1, 0.15) is 24.4 Å². The number of ether oxygens (including phenoxy) is 1. The van der Waals surface area contributed by atoms with E-state index >= 15 is 0 Å². The molecule has 2 rings (SSSR count). The molecule has 2 heterocycles. The number of nitrogens with zero attached hydrogens (tertiary/aromatic N) is 1. The summed E-state index contributed by atoms with van der Waals surface area (Å²) in [4.78, 5) is 12.5. The quantitative estimate of drug-likeness (QED) is 0.294. The highest BCUT2D eigenvalue weighted by atomic mass is 19.3. The number of rotatable bonds is 5. The average Bonchev–Trinajstić information content (AvgIpc) is 2.93. The molecule has 134 valence electrons. The van der Waals surface area contributed by atoms with Gasteiger partial charge in [0.05, 0.1) is 13.2 Å². The summed E-state index contributed by atoms with van der Waals surface area (Å²) in [5.74, 6) is -8.25. The van der Waals surface area contributed by atoms with Crippen LogP contribution in [-0.4, -0.2) is 98.2 Å². The predicted octanol–water partition coefficient (Wildman–Crippen LogP) is -4.37. The first-order valence-electron chi connectivity index (χ1n) is 7.10. The zero-order valence-electron chi connectivity index (χ0n) is 12.2. The highest BCUT2D eigenvalue weighted by Gasteiger charge is 2.68. The Hall–Kier alpha value is -0.950. The fourth-order valence-electron chi connectivity index (χ4n) is 2.78. The van der Waals surface area contributed by atoms with Gasteiger partial charge in [-0.1, -0.05) is 0 Å². The number of aliphatic hydroxyl groups excluding tert-OH is 4. The number of halogens is 2. The maximum absolute atomic E-state index is 14.4. The van der Waals surface area contributed by atoms with Crippen LogP contribution in [0.5, 0.6) is 0 Å². The molecule has 11 heteroatoms. The maximum atomic E-state index is 14.4. The summed E-state index contributed by atoms with van der Waals surface area (Å²) >= 11 is 0. The second-order valence-electron chi connectivity index (χ2n) is 5.91. The van der Waals surface area contributed by atoms with Crippen LogP contribution in [-0.2, 0) is 9.53 Å². The standard InChI is InChI=1S/C12H20F2N2O7/c13-11(14,4-16-2-1-5(15)10(16)21)12(22)9(20)7(19)8(23-12)6(18)3-17/h5-9,17-20,22H,1-4,15H2/p+1/t5-,6+,7-,8-,9+,12+/m0/s1. The Morgan fingerprint density at radius 1 is 1.48 bits per heavy atom. The Morgan fingerprint density at radius 2 is 2.09 bits per heavy atom. The van der Waals surface area contributed by atoms with Gasteiger partial charge in [0.2, 0.25) is 0 Å². The third kappa shape index (κ3) is 2.93. The lowest BCUT2D eigenvalue weighted by Gasteiger charge is -2.36. The van der Waals surface area contributed by atoms with Crippen LogP contribution in [0, 0.1) is 0 Å². The molecular formula is C12H21F2N2O7+. The van der Waals surface area contributed by atoms with Crippen molar-refractivity contribution in [3.05, 3.63) is 0 Å². The van der Waals surface area contributed by atoms with Crippen molar-refractivity contribution in [2.45, 2.75) is 48.6 Å². The van der Waals surface area contributed by atoms with Gasteiger partial charge in [0.25, 0.3) is 11.7 Å². The first kappa shape index (κ1) is 18.4. The number of hydrogen-bond acceptors (Lipinski definition) is 7. The molecule has 2 aliphatic rings. The molecule has 0 aromatic rings. The fourth-order valence-corrected chi connectivity index (χ4v) is 2.78. The van der Waals surface area contributed by atoms with Crippen LogP contribution in [0.25, 0.3) is 0 Å². The van der Waals surface area contributed by atoms with Crippen LogP contribution in [0.3, 0.4) is 0 Å². The summed E-state index contributed by atoms with van der Waals surface area (Å²) in [5.41, 5.74) is 3.51. The lowest BCUT2D eigenvalue weighted by molar-refractivity contribution is -0.401. The third-order valence-corrected chi connectivity index (χ3v) is 4.26. The van der Waals surface area contributed by atoms with Crippen LogP contribution in [0.2, 0.25) is 0 Å². The highest BCUT2D eigenvalue weighted by Crippen LogP contribution is 2.42. The number of hydrogen-bond donors (Lipinski definition) is 6. The second kappa shape index (κ2) is 6.16. The van der Waals surface area contributed by atoms with Gasteiger partial charge in [0.15, 0.2) is 6.04 Å². The molecule has 2 saturated heterocycles. The zero-order valence-corrected chi connectivity index (χ0v) is 12.2. The SMILES string of the molecule is [NH3+][C@H]1CCN(CC(F)(F)[C@]2(O)O[C@@H]([C@H](O)CO)[C@H](O)[C@H]2O)C1=O. The number of alkyl halides is 2. The van der Waals surface area contributed by atoms with E-state index in [-0.39, 0.29) is 13.0 Å². The van der Waals surface area contributed by atoms with Crippen LogP contribution in [0.4, 0.5) is 8.78 Å². The minimum atomic E-state index is -4.13. The molecule has 0 bridgehead atoms. The summed E-state index contributed by atoms with van der Waals surface area (Å²) in [6, 6.07) is -0.663. The van der Waals surface area contributed by atoms with Crippen LogP contribution in [0.15, 0.2) is 0 Å². The van der Waals surface area contributed by atoms with E-state index in [4.69, 9.17) is 5.11 Å². The van der Waals surface area contributed by atoms with Crippen molar-refractivity contribution in [2.24, 2.45) is 0 Å². The Morgan fingerprint density at radius 3 is 2.57 bits per heavy atom. The monoisotopic (exact) mass is 343 g/mol. The molecule has 0 aliphatic carbocycles. The molecule has 8 N–H and O–H groups in total. The number of likely N-dealkylation sites (tertiary alicyclic amines) is 1. The molecule has 0 unspecified atom stereocenters. The normalized spacial score (nSPS) is 40.0. The number of quaternary nitrogens is 1. The van der Waals surface area contributed by atoms with Gasteiger partial charge in [-0.05, 0) is 0 Å². The molecule has 0 aromatic heterocycles. The molecule has 0 aromatic carbocycles. The average molecular weight is 343 g/mol. The molecule has 0 radical (unpaired) electrons. The van der Waals surface area contributed by atoms with Gasteiger partial charge in [-0.25, -0.2) is 0 Å². The molecule has 1 amide bonds. The van der Waals surface area contributed by atoms with Crippen molar-refractivity contribution in [3.63, 3.8) is 0 Å². The summed E-state index contributed by atoms with van der Waals surface area (Å²) in [6.45, 7) is -2.15. The maximum Gasteiger partial charge on any atom is 0.320 e. The number of carbonyl (C=O) groups is 1. The Kier molecular flexibility index (Phi) is 4.93. The Bertz CT molecular complexity index is 469. The van der Waals surface area contributed by atoms with Crippen LogP contribution >= 0.6 is 0 Å². The van der Waals surface area contributed by atoms with Gasteiger partial charge in [-0.15, -0.1) is 0 Å². The summed E-state index contributed by atoms with van der Waals surface area (Å²) < 4.78 is 33.5. The Balaban J connectivity index is 2.19. The smallest absolute Gasteiger partial charge is 0.320 e. The third-order valence-electron chi connectivity index (χ3n) is 4.26. The molecule has 0 saturated carbocycles. The van der Waals surface area contributed by atoms with E-state index in [1.807, 2.05) is 0 Å². The molecule has 6 atom stereocenters. The van der Waals surface area contributed by atoms with E-state index in [9.17, 15) is 34.0 Å². The predicted molar refractivity (Wildman–Crippen MR) is 67.7 cm³/mol. The van der Waals surface area contributed by atoms with E-state index in [1.165, 1.54) is 0 Å². The van der Waals surface area contributed by atoms with E-state index in [0.717, 1.165) is 4.90 Å². The first-order chi connectivity index (χ1) is 10.5. The van der Waals surface area contributed by atoms with Crippen molar-refractivity contribution in [1.29, 1.82) is 0 Å². The fraction of sp³-hybridized carbons (Fsp3) is 0.917. The zero-order chi connectivity index (χ0) is 17.6. The van der Waals surface area contributed by atoms with Gasteiger partial charge < -0.3 is 40.9 Å². The summed E-state index contributed by atoms with van der Waals surface area (Å²) in [5, 5.41) is 47.7. The molecule has 0 spiro atoms. The molecule has 2 fully saturated rings. The minimum absolute atomic E-state index is 0.0139. The van der Waals surface area contributed by atoms with Gasteiger partial charge in [0, 0.05) is 13.0 Å². The van der Waals surface area contributed by atoms with Crippen LogP contribution < -0.4 is 5.73 Å². The van der Waals surface area contributed by atoms with Crippen molar-refractivity contribution in [2.75, 3.05) is 19.7 Å². The summed E-state index contributed by atoms with van der Waals surface area (Å²) in [6.07, 6.45) is -7.77. The van der Waals surface area contributed by atoms with Gasteiger partial charge in [-0.3, -0.25) is 4.79 Å². The number of carbonyl (C=O) groups excluding carboxylic acids is 1. The van der Waals surface area contributed by atoms with Crippen LogP contribution in [0.1, 0.15) is 6.42 Å². The van der Waals surface area contributed by atoms with E-state index in [1.54, 1.807) is 0 Å². The lowest BCUT2D eigenvalue weighted by atomic mass is 9.97. The van der Waals surface area contributed by atoms with Gasteiger partial charge in [-0.2, -0.15) is 8.78 Å². The van der Waals surface area contributed by atoms with Crippen molar-refractivity contribution >= 4 is 5.91 Å². The lowest BCUT2D eigenvalue weighted by Crippen LogP contribution is -2.65. The van der Waals surface area contributed by atoms with Crippen molar-refractivity contribution < 1.29 is 49.6 Å². The molecule has 2 aliphatic heterocycles. The molecular weight excluding hydrogens is 322 g/mol. The summed E-state index contributed by atoms with van der Waals surface area (Å²) in [7, 11) is 0. The van der Waals surface area contributed by atoms with E-state index in [0.29, 0.717) is 0 Å². The van der Waals surface area contributed by atoms with E-state index in [2.05, 4.69) is 10.5 Å². The second-order valence-corrected chi connectivity index (χ2v) is 5.91. The number of aliphatic hydroxyl groups is 5. The largest absolute Gasteiger partial charge is 0.394 e. The first-order valence-corrected chi connectivity index (χ1v) is 7.10. The van der Waals surface area contributed by atoms with Crippen molar-refractivity contribution in [3.8, 4) is 0 Å².